The Morgan fingerprint density at radius 2 is 2.00 bits per heavy atom. The Morgan fingerprint density at radius 3 is 2.44 bits per heavy atom. The number of nitrogens with zero attached hydrogens (tertiary/aromatic N) is 2. The van der Waals surface area contributed by atoms with E-state index >= 15 is 0 Å². The molecule has 0 fully saturated rings. The summed E-state index contributed by atoms with van der Waals surface area (Å²) in [4.78, 5) is 21.7. The first-order valence-corrected chi connectivity index (χ1v) is 5.18. The molecule has 1 rings (SSSR count). The summed E-state index contributed by atoms with van der Waals surface area (Å²) >= 11 is 0. The molecule has 0 heterocycles. The van der Waals surface area contributed by atoms with Gasteiger partial charge in [-0.05, 0) is 24.3 Å². The molecule has 0 radical (unpaired) electrons. The third-order valence-corrected chi connectivity index (χ3v) is 2.30. The molecule has 1 aromatic rings. The van der Waals surface area contributed by atoms with Crippen molar-refractivity contribution >= 4 is 5.97 Å². The van der Waals surface area contributed by atoms with Gasteiger partial charge in [-0.3, -0.25) is 10.1 Å². The smallest absolute Gasteiger partial charge is 0.338 e. The first-order valence-electron chi connectivity index (χ1n) is 5.18. The molecule has 0 unspecified atom stereocenters. The molecule has 0 bridgehead atoms. The van der Waals surface area contributed by atoms with Crippen molar-refractivity contribution in [2.45, 2.75) is 19.4 Å². The molecular formula is C12H12N2O4. The van der Waals surface area contributed by atoms with E-state index in [4.69, 9.17) is 10.00 Å². The van der Waals surface area contributed by atoms with Gasteiger partial charge in [0.1, 0.15) is 0 Å². The third kappa shape index (κ3) is 3.28. The van der Waals surface area contributed by atoms with Crippen molar-refractivity contribution in [3.8, 4) is 6.07 Å². The lowest BCUT2D eigenvalue weighted by molar-refractivity contribution is -0.563. The molecule has 0 aromatic heterocycles. The number of nitro groups is 1. The van der Waals surface area contributed by atoms with Crippen molar-refractivity contribution in [3.63, 3.8) is 0 Å². The zero-order valence-corrected chi connectivity index (χ0v) is 10.0. The monoisotopic (exact) mass is 248 g/mol. The van der Waals surface area contributed by atoms with Gasteiger partial charge in [0.15, 0.2) is 6.61 Å². The van der Waals surface area contributed by atoms with Crippen LogP contribution in [0.4, 0.5) is 0 Å². The Kier molecular flexibility index (Phi) is 4.00. The molecule has 6 heteroatoms. The van der Waals surface area contributed by atoms with Crippen LogP contribution >= 0.6 is 0 Å². The van der Waals surface area contributed by atoms with E-state index in [0.29, 0.717) is 5.56 Å². The largest absolute Gasteiger partial charge is 0.454 e. The minimum absolute atomic E-state index is 0.258. The molecule has 0 aliphatic carbocycles. The fraction of sp³-hybridized carbons (Fsp3) is 0.333. The summed E-state index contributed by atoms with van der Waals surface area (Å²) in [6.07, 6.45) is 0. The Bertz CT molecular complexity index is 500. The number of nitriles is 1. The fourth-order valence-corrected chi connectivity index (χ4v) is 1.06. The van der Waals surface area contributed by atoms with Gasteiger partial charge < -0.3 is 4.74 Å². The van der Waals surface area contributed by atoms with Crippen LogP contribution in [0.5, 0.6) is 0 Å². The van der Waals surface area contributed by atoms with E-state index in [1.165, 1.54) is 38.1 Å². The summed E-state index contributed by atoms with van der Waals surface area (Å²) in [5, 5.41) is 19.2. The van der Waals surface area contributed by atoms with Crippen molar-refractivity contribution < 1.29 is 14.5 Å². The summed E-state index contributed by atoms with van der Waals surface area (Å²) < 4.78 is 4.86. The van der Waals surface area contributed by atoms with Gasteiger partial charge in [-0.25, -0.2) is 4.79 Å². The van der Waals surface area contributed by atoms with E-state index in [1.807, 2.05) is 6.07 Å². The van der Waals surface area contributed by atoms with Crippen LogP contribution in [0.1, 0.15) is 29.8 Å². The second-order valence-electron chi connectivity index (χ2n) is 4.33. The summed E-state index contributed by atoms with van der Waals surface area (Å²) in [6.45, 7) is 2.44. The summed E-state index contributed by atoms with van der Waals surface area (Å²) in [5.41, 5.74) is -0.632. The van der Waals surface area contributed by atoms with Crippen molar-refractivity contribution in [1.29, 1.82) is 5.26 Å². The summed E-state index contributed by atoms with van der Waals surface area (Å²) in [5.74, 6) is -0.644. The molecule has 0 atom stereocenters. The van der Waals surface area contributed by atoms with Crippen LogP contribution in [0.3, 0.4) is 0 Å². The highest BCUT2D eigenvalue weighted by atomic mass is 16.6. The highest BCUT2D eigenvalue weighted by molar-refractivity contribution is 5.89. The van der Waals surface area contributed by atoms with E-state index in [0.717, 1.165) is 0 Å². The highest BCUT2D eigenvalue weighted by Crippen LogP contribution is 2.11. The lowest BCUT2D eigenvalue weighted by Gasteiger charge is -2.15. The number of carbonyl (C=O) groups is 1. The zero-order chi connectivity index (χ0) is 13.8. The van der Waals surface area contributed by atoms with Gasteiger partial charge >= 0.3 is 5.97 Å². The van der Waals surface area contributed by atoms with Gasteiger partial charge in [0, 0.05) is 18.8 Å². The van der Waals surface area contributed by atoms with Crippen molar-refractivity contribution in [2.75, 3.05) is 6.61 Å². The molecule has 0 aliphatic heterocycles. The minimum Gasteiger partial charge on any atom is -0.454 e. The van der Waals surface area contributed by atoms with Gasteiger partial charge in [-0.1, -0.05) is 0 Å². The lowest BCUT2D eigenvalue weighted by Crippen LogP contribution is -2.37. The second kappa shape index (κ2) is 5.27. The van der Waals surface area contributed by atoms with Crippen LogP contribution in [0.15, 0.2) is 24.3 Å². The van der Waals surface area contributed by atoms with Gasteiger partial charge in [-0.15, -0.1) is 0 Å². The molecule has 1 aromatic carbocycles. The number of ether oxygens (including phenoxy) is 1. The number of hydrogen-bond donors (Lipinski definition) is 0. The molecule has 18 heavy (non-hydrogen) atoms. The lowest BCUT2D eigenvalue weighted by atomic mass is 10.1. The third-order valence-electron chi connectivity index (χ3n) is 2.30. The van der Waals surface area contributed by atoms with Crippen molar-refractivity contribution in [3.05, 3.63) is 45.5 Å². The van der Waals surface area contributed by atoms with E-state index in [2.05, 4.69) is 0 Å². The van der Waals surface area contributed by atoms with Crippen LogP contribution in [0.2, 0.25) is 0 Å². The Labute approximate surface area is 104 Å². The maximum absolute atomic E-state index is 11.6. The SMILES string of the molecule is CC(C)(COC(=O)c1ccc(C#N)cc1)[N+](=O)[O-]. The predicted molar refractivity (Wildman–Crippen MR) is 62.5 cm³/mol. The maximum Gasteiger partial charge on any atom is 0.338 e. The number of esters is 1. The predicted octanol–water partition coefficient (Wildman–Crippen LogP) is 1.77. The number of carbonyl (C=O) groups excluding carboxylic acids is 1. The van der Waals surface area contributed by atoms with Crippen LogP contribution in [0.25, 0.3) is 0 Å². The molecule has 0 saturated carbocycles. The average molecular weight is 248 g/mol. The minimum atomic E-state index is -1.32. The van der Waals surface area contributed by atoms with E-state index in [-0.39, 0.29) is 12.2 Å². The molecule has 0 saturated heterocycles. The van der Waals surface area contributed by atoms with Gasteiger partial charge in [0.05, 0.1) is 17.2 Å². The molecule has 0 spiro atoms. The summed E-state index contributed by atoms with van der Waals surface area (Å²) in [7, 11) is 0. The Morgan fingerprint density at radius 1 is 1.44 bits per heavy atom. The molecule has 6 nitrogen and oxygen atoms in total. The molecule has 0 N–H and O–H groups in total. The fourth-order valence-electron chi connectivity index (χ4n) is 1.06. The van der Waals surface area contributed by atoms with E-state index in [1.54, 1.807) is 0 Å². The number of hydrogen-bond acceptors (Lipinski definition) is 5. The van der Waals surface area contributed by atoms with Gasteiger partial charge in [-0.2, -0.15) is 5.26 Å². The molecule has 0 amide bonds. The summed E-state index contributed by atoms with van der Waals surface area (Å²) in [6, 6.07) is 7.77. The van der Waals surface area contributed by atoms with E-state index in [9.17, 15) is 14.9 Å². The Hall–Kier alpha value is -2.42. The van der Waals surface area contributed by atoms with Gasteiger partial charge in [0.2, 0.25) is 5.54 Å². The Balaban J connectivity index is 2.66. The van der Waals surface area contributed by atoms with Gasteiger partial charge in [0.25, 0.3) is 0 Å². The highest BCUT2D eigenvalue weighted by Gasteiger charge is 2.32. The first kappa shape index (κ1) is 13.6. The number of benzene rings is 1. The van der Waals surface area contributed by atoms with E-state index < -0.39 is 16.4 Å². The second-order valence-corrected chi connectivity index (χ2v) is 4.33. The topological polar surface area (TPSA) is 93.2 Å². The van der Waals surface area contributed by atoms with Crippen LogP contribution in [0, 0.1) is 21.4 Å². The standard InChI is InChI=1S/C12H12N2O4/c1-12(2,14(16)17)8-18-11(15)10-5-3-9(7-13)4-6-10/h3-6H,8H2,1-2H3. The quantitative estimate of drug-likeness (QED) is 0.460. The zero-order valence-electron chi connectivity index (χ0n) is 10.0. The average Bonchev–Trinajstić information content (AvgIpc) is 2.36. The van der Waals surface area contributed by atoms with Crippen LogP contribution in [-0.2, 0) is 4.74 Å². The van der Waals surface area contributed by atoms with Crippen LogP contribution in [-0.4, -0.2) is 23.0 Å². The van der Waals surface area contributed by atoms with Crippen molar-refractivity contribution in [1.82, 2.24) is 0 Å². The first-order chi connectivity index (χ1) is 8.36. The molecule has 0 aliphatic rings. The van der Waals surface area contributed by atoms with Crippen LogP contribution < -0.4 is 0 Å². The molecule has 94 valence electrons. The normalized spacial score (nSPS) is 10.5. The number of rotatable bonds is 4. The van der Waals surface area contributed by atoms with Crippen molar-refractivity contribution in [2.24, 2.45) is 0 Å². The maximum atomic E-state index is 11.6. The molecular weight excluding hydrogens is 236 g/mol.